The lowest BCUT2D eigenvalue weighted by atomic mass is 9.95. The van der Waals surface area contributed by atoms with Gasteiger partial charge in [0.1, 0.15) is 18.4 Å². The Balaban J connectivity index is 1.26. The van der Waals surface area contributed by atoms with Crippen LogP contribution in [0.5, 0.6) is 5.75 Å². The molecule has 0 saturated heterocycles. The number of hydrogen-bond acceptors (Lipinski definition) is 3. The van der Waals surface area contributed by atoms with E-state index in [4.69, 9.17) is 4.74 Å². The van der Waals surface area contributed by atoms with Gasteiger partial charge < -0.3 is 19.5 Å². The molecule has 2 amide bonds. The van der Waals surface area contributed by atoms with Crippen LogP contribution in [0.2, 0.25) is 0 Å². The minimum Gasteiger partial charge on any atom is -0.489 e. The third kappa shape index (κ3) is 4.41. The lowest BCUT2D eigenvalue weighted by Gasteiger charge is -2.31. The molecule has 0 bridgehead atoms. The summed E-state index contributed by atoms with van der Waals surface area (Å²) in [4.78, 5) is 29.1. The molecule has 6 heteroatoms. The van der Waals surface area contributed by atoms with Gasteiger partial charge in [-0.25, -0.2) is 0 Å². The van der Waals surface area contributed by atoms with Gasteiger partial charge >= 0.3 is 0 Å². The van der Waals surface area contributed by atoms with E-state index in [0.29, 0.717) is 23.6 Å². The molecule has 5 aromatic rings. The van der Waals surface area contributed by atoms with Crippen molar-refractivity contribution in [3.8, 4) is 5.75 Å². The average Bonchev–Trinajstić information content (AvgIpc) is 3.42. The molecule has 1 N–H and O–H groups in total. The van der Waals surface area contributed by atoms with Crippen molar-refractivity contribution in [2.24, 2.45) is 7.05 Å². The van der Waals surface area contributed by atoms with Gasteiger partial charge in [0.2, 0.25) is 5.91 Å². The molecule has 4 aromatic carbocycles. The van der Waals surface area contributed by atoms with Crippen LogP contribution in [-0.2, 0) is 18.4 Å². The number of ether oxygens (including phenoxy) is 1. The first-order chi connectivity index (χ1) is 19.4. The van der Waals surface area contributed by atoms with Gasteiger partial charge in [0.25, 0.3) is 5.91 Å². The van der Waals surface area contributed by atoms with Crippen LogP contribution in [0.3, 0.4) is 0 Å². The summed E-state index contributed by atoms with van der Waals surface area (Å²) in [6.45, 7) is 4.34. The van der Waals surface area contributed by atoms with Crippen molar-refractivity contribution in [1.29, 1.82) is 0 Å². The van der Waals surface area contributed by atoms with Gasteiger partial charge in [0.15, 0.2) is 0 Å². The molecule has 40 heavy (non-hydrogen) atoms. The number of nitrogens with zero attached hydrogens (tertiary/aromatic N) is 2. The third-order valence-corrected chi connectivity index (χ3v) is 7.89. The van der Waals surface area contributed by atoms with E-state index in [0.717, 1.165) is 33.3 Å². The number of benzene rings is 4. The predicted octanol–water partition coefficient (Wildman–Crippen LogP) is 6.64. The SMILES string of the molecule is Cc1c(C2c3ccccc3C(=O)N2C(C)C(=O)Nc2ccc(OCc3ccccc3)cc2)c2ccccc2n1C. The molecule has 1 aliphatic rings. The molecule has 0 aliphatic carbocycles. The number of para-hydroxylation sites is 1. The fourth-order valence-corrected chi connectivity index (χ4v) is 5.67. The van der Waals surface area contributed by atoms with E-state index in [-0.39, 0.29) is 17.9 Å². The highest BCUT2D eigenvalue weighted by atomic mass is 16.5. The van der Waals surface area contributed by atoms with Crippen LogP contribution >= 0.6 is 0 Å². The number of fused-ring (bicyclic) bond motifs is 2. The summed E-state index contributed by atoms with van der Waals surface area (Å²) in [6.07, 6.45) is 0. The summed E-state index contributed by atoms with van der Waals surface area (Å²) in [5.74, 6) is 0.328. The highest BCUT2D eigenvalue weighted by Crippen LogP contribution is 2.44. The number of carbonyl (C=O) groups is 2. The third-order valence-electron chi connectivity index (χ3n) is 7.89. The average molecular weight is 530 g/mol. The molecule has 0 spiro atoms. The normalized spacial score (nSPS) is 15.2. The molecule has 0 saturated carbocycles. The Hall–Kier alpha value is -4.84. The zero-order valence-corrected chi connectivity index (χ0v) is 22.8. The Morgan fingerprint density at radius 3 is 2.35 bits per heavy atom. The zero-order chi connectivity index (χ0) is 27.8. The minimum absolute atomic E-state index is 0.139. The molecular formula is C34H31N3O3. The Bertz CT molecular complexity index is 1710. The van der Waals surface area contributed by atoms with Gasteiger partial charge in [-0.05, 0) is 61.4 Å². The van der Waals surface area contributed by atoms with Crippen LogP contribution in [0.4, 0.5) is 5.69 Å². The minimum atomic E-state index is -0.711. The Morgan fingerprint density at radius 1 is 0.900 bits per heavy atom. The number of anilines is 1. The van der Waals surface area contributed by atoms with E-state index in [1.165, 1.54) is 0 Å². The second kappa shape index (κ2) is 10.4. The summed E-state index contributed by atoms with van der Waals surface area (Å²) in [5, 5.41) is 4.09. The maximum absolute atomic E-state index is 13.8. The van der Waals surface area contributed by atoms with Crippen LogP contribution in [0.15, 0.2) is 103 Å². The first-order valence-electron chi connectivity index (χ1n) is 13.5. The van der Waals surface area contributed by atoms with Crippen molar-refractivity contribution in [3.05, 3.63) is 131 Å². The van der Waals surface area contributed by atoms with Gasteiger partial charge in [-0.3, -0.25) is 9.59 Å². The second-order valence-corrected chi connectivity index (χ2v) is 10.2. The molecule has 1 aliphatic heterocycles. The largest absolute Gasteiger partial charge is 0.489 e. The van der Waals surface area contributed by atoms with Crippen molar-refractivity contribution in [2.75, 3.05) is 5.32 Å². The number of aromatic nitrogens is 1. The Labute approximate surface area is 233 Å². The van der Waals surface area contributed by atoms with Gasteiger partial charge in [0.05, 0.1) is 6.04 Å². The number of aryl methyl sites for hydroxylation is 1. The summed E-state index contributed by atoms with van der Waals surface area (Å²) in [7, 11) is 2.04. The van der Waals surface area contributed by atoms with Gasteiger partial charge in [0, 0.05) is 40.5 Å². The Morgan fingerprint density at radius 2 is 1.57 bits per heavy atom. The van der Waals surface area contributed by atoms with Gasteiger partial charge in [-0.15, -0.1) is 0 Å². The molecule has 0 fully saturated rings. The maximum atomic E-state index is 13.8. The molecular weight excluding hydrogens is 498 g/mol. The molecule has 1 aromatic heterocycles. The fraction of sp³-hybridized carbons (Fsp3) is 0.176. The zero-order valence-electron chi connectivity index (χ0n) is 22.8. The van der Waals surface area contributed by atoms with Gasteiger partial charge in [-0.1, -0.05) is 66.7 Å². The molecule has 0 radical (unpaired) electrons. The molecule has 6 nitrogen and oxygen atoms in total. The van der Waals surface area contributed by atoms with Crippen LogP contribution in [-0.4, -0.2) is 27.3 Å². The first kappa shape index (κ1) is 25.4. The number of rotatable bonds is 7. The van der Waals surface area contributed by atoms with Crippen molar-refractivity contribution in [1.82, 2.24) is 9.47 Å². The highest BCUT2D eigenvalue weighted by molar-refractivity contribution is 6.05. The molecule has 200 valence electrons. The lowest BCUT2D eigenvalue weighted by molar-refractivity contribution is -0.120. The van der Waals surface area contributed by atoms with E-state index in [1.54, 1.807) is 11.8 Å². The quantitative estimate of drug-likeness (QED) is 0.257. The van der Waals surface area contributed by atoms with E-state index in [9.17, 15) is 9.59 Å². The van der Waals surface area contributed by atoms with Crippen molar-refractivity contribution < 1.29 is 14.3 Å². The monoisotopic (exact) mass is 529 g/mol. The van der Waals surface area contributed by atoms with Gasteiger partial charge in [-0.2, -0.15) is 0 Å². The molecule has 2 heterocycles. The molecule has 6 rings (SSSR count). The topological polar surface area (TPSA) is 63.6 Å². The van der Waals surface area contributed by atoms with Crippen LogP contribution in [0.1, 0.15) is 45.7 Å². The maximum Gasteiger partial charge on any atom is 0.255 e. The summed E-state index contributed by atoms with van der Waals surface area (Å²) in [5.41, 5.74) is 6.51. The van der Waals surface area contributed by atoms with Crippen molar-refractivity contribution in [2.45, 2.75) is 32.5 Å². The number of carbonyl (C=O) groups excluding carboxylic acids is 2. The summed E-state index contributed by atoms with van der Waals surface area (Å²) < 4.78 is 8.03. The summed E-state index contributed by atoms with van der Waals surface area (Å²) in [6, 6.07) is 32.1. The Kier molecular flexibility index (Phi) is 6.60. The fourth-order valence-electron chi connectivity index (χ4n) is 5.67. The van der Waals surface area contributed by atoms with Crippen LogP contribution in [0.25, 0.3) is 10.9 Å². The smallest absolute Gasteiger partial charge is 0.255 e. The molecule has 2 atom stereocenters. The number of nitrogens with one attached hydrogen (secondary N) is 1. The predicted molar refractivity (Wildman–Crippen MR) is 157 cm³/mol. The van der Waals surface area contributed by atoms with E-state index in [2.05, 4.69) is 28.9 Å². The summed E-state index contributed by atoms with van der Waals surface area (Å²) >= 11 is 0. The highest BCUT2D eigenvalue weighted by Gasteiger charge is 2.43. The van der Waals surface area contributed by atoms with Crippen molar-refractivity contribution in [3.63, 3.8) is 0 Å². The van der Waals surface area contributed by atoms with Crippen LogP contribution < -0.4 is 10.1 Å². The molecule has 2 unspecified atom stereocenters. The van der Waals surface area contributed by atoms with Crippen LogP contribution in [0, 0.1) is 6.92 Å². The van der Waals surface area contributed by atoms with Crippen molar-refractivity contribution >= 4 is 28.4 Å². The van der Waals surface area contributed by atoms with E-state index >= 15 is 0 Å². The number of amides is 2. The first-order valence-corrected chi connectivity index (χ1v) is 13.5. The number of hydrogen-bond donors (Lipinski definition) is 1. The second-order valence-electron chi connectivity index (χ2n) is 10.2. The van der Waals surface area contributed by atoms with E-state index < -0.39 is 6.04 Å². The lowest BCUT2D eigenvalue weighted by Crippen LogP contribution is -2.44. The van der Waals surface area contributed by atoms with E-state index in [1.807, 2.05) is 98.0 Å². The standard InChI is InChI=1S/C34H31N3O3/c1-22-31(29-15-9-10-16-30(29)36(22)3)32-27-13-7-8-14-28(27)34(39)37(32)23(2)33(38)35-25-17-19-26(20-18-25)40-21-24-11-5-4-6-12-24/h4-20,23,32H,21H2,1-3H3,(H,35,38).